The van der Waals surface area contributed by atoms with Gasteiger partial charge in [-0.05, 0) is 53.4 Å². The van der Waals surface area contributed by atoms with Crippen LogP contribution in [0, 0.1) is 0 Å². The van der Waals surface area contributed by atoms with Crippen LogP contribution in [0.2, 0.25) is 0 Å². The first-order chi connectivity index (χ1) is 13.4. The van der Waals surface area contributed by atoms with Crippen LogP contribution in [0.1, 0.15) is 53.4 Å². The van der Waals surface area contributed by atoms with Crippen LogP contribution in [-0.2, 0) is 22.7 Å². The average molecular weight is 449 g/mol. The monoisotopic (exact) mass is 449 g/mol. The van der Waals surface area contributed by atoms with Crippen molar-refractivity contribution in [2.24, 2.45) is 0 Å². The molecule has 0 aliphatic rings. The lowest BCUT2D eigenvalue weighted by atomic mass is 10.1. The van der Waals surface area contributed by atoms with Crippen LogP contribution in [0.5, 0.6) is 0 Å². The zero-order chi connectivity index (χ0) is 22.3. The number of phosphoric ester groups is 1. The number of hydrogen-bond donors (Lipinski definition) is 0. The average Bonchev–Trinajstić information content (AvgIpc) is 2.54. The first-order valence-electron chi connectivity index (χ1n) is 9.27. The van der Waals surface area contributed by atoms with Gasteiger partial charge in [-0.15, -0.1) is 0 Å². The predicted molar refractivity (Wildman–Crippen MR) is 108 cm³/mol. The molecule has 0 amide bonds. The van der Waals surface area contributed by atoms with Crippen LogP contribution in [-0.4, -0.2) is 19.8 Å². The summed E-state index contributed by atoms with van der Waals surface area (Å²) in [4.78, 5) is 31.4. The second-order valence-corrected chi connectivity index (χ2v) is 9.44. The topological polar surface area (TPSA) is 131 Å². The fraction of sp³-hybridized carbons (Fsp3) is 0.579. The van der Waals surface area contributed by atoms with Gasteiger partial charge in [-0.3, -0.25) is 8.88 Å². The van der Waals surface area contributed by atoms with Gasteiger partial charge in [0.05, 0.1) is 27.6 Å². The van der Waals surface area contributed by atoms with Crippen molar-refractivity contribution < 1.29 is 37.4 Å². The first-order valence-corrected chi connectivity index (χ1v) is 12.2. The molecule has 0 bridgehead atoms. The summed E-state index contributed by atoms with van der Waals surface area (Å²) >= 11 is 0. The van der Waals surface area contributed by atoms with Crippen LogP contribution in [0.15, 0.2) is 47.1 Å². The Bertz CT molecular complexity index is 684. The number of hydrogen-bond acceptors (Lipinski definition) is 8. The van der Waals surface area contributed by atoms with Crippen molar-refractivity contribution in [3.63, 3.8) is 0 Å². The maximum absolute atomic E-state index is 11.0. The van der Waals surface area contributed by atoms with Crippen LogP contribution >= 0.6 is 15.6 Å². The minimum atomic E-state index is -5.65. The highest BCUT2D eigenvalue weighted by atomic mass is 31.3. The summed E-state index contributed by atoms with van der Waals surface area (Å²) in [5.74, 6) is 0. The summed E-state index contributed by atoms with van der Waals surface area (Å²) in [7, 11) is -10.8. The van der Waals surface area contributed by atoms with Crippen molar-refractivity contribution in [2.75, 3.05) is 19.8 Å². The molecule has 0 aliphatic carbocycles. The quantitative estimate of drug-likeness (QED) is 0.211. The molecule has 10 heteroatoms. The van der Waals surface area contributed by atoms with E-state index in [0.29, 0.717) is 6.61 Å². The van der Waals surface area contributed by atoms with Gasteiger partial charge in [0.2, 0.25) is 0 Å². The molecule has 0 aliphatic heterocycles. The molecule has 0 aromatic rings. The molecule has 0 aromatic heterocycles. The van der Waals surface area contributed by atoms with Gasteiger partial charge < -0.3 is 28.5 Å². The smallest absolute Gasteiger partial charge is 0.272 e. The molecule has 0 rings (SSSR count). The van der Waals surface area contributed by atoms with Gasteiger partial charge in [0.15, 0.2) is 0 Å². The molecule has 0 fully saturated rings. The van der Waals surface area contributed by atoms with Crippen LogP contribution < -0.4 is 14.7 Å². The molecule has 0 saturated carbocycles. The van der Waals surface area contributed by atoms with E-state index in [-0.39, 0.29) is 6.61 Å². The second-order valence-electron chi connectivity index (χ2n) is 6.74. The van der Waals surface area contributed by atoms with E-state index in [0.717, 1.165) is 25.7 Å². The van der Waals surface area contributed by atoms with E-state index in [1.807, 2.05) is 13.0 Å². The van der Waals surface area contributed by atoms with Gasteiger partial charge >= 0.3 is 0 Å². The van der Waals surface area contributed by atoms with E-state index in [2.05, 4.69) is 41.8 Å². The fourth-order valence-corrected chi connectivity index (χ4v) is 3.53. The predicted octanol–water partition coefficient (Wildman–Crippen LogP) is 3.31. The Kier molecular flexibility index (Phi) is 14.6. The molecular weight excluding hydrogens is 418 g/mol. The minimum absolute atomic E-state index is 0.224. The van der Waals surface area contributed by atoms with Crippen molar-refractivity contribution in [2.45, 2.75) is 53.4 Å². The number of phosphoric acid groups is 2. The zero-order valence-electron chi connectivity index (χ0n) is 17.5. The molecule has 0 saturated heterocycles. The third-order valence-corrected chi connectivity index (χ3v) is 5.65. The summed E-state index contributed by atoms with van der Waals surface area (Å²) in [6.07, 6.45) is 13.4. The Morgan fingerprint density at radius 3 is 1.93 bits per heavy atom. The van der Waals surface area contributed by atoms with E-state index < -0.39 is 22.3 Å². The Hall–Kier alpha value is -0.820. The van der Waals surface area contributed by atoms with E-state index in [1.54, 1.807) is 0 Å². The third kappa shape index (κ3) is 20.2. The van der Waals surface area contributed by atoms with Gasteiger partial charge in [-0.2, -0.15) is 0 Å². The summed E-state index contributed by atoms with van der Waals surface area (Å²) < 4.78 is 34.1. The Balaban J connectivity index is 3.93. The molecule has 1 atom stereocenters. The van der Waals surface area contributed by atoms with Gasteiger partial charge in [0, 0.05) is 0 Å². The van der Waals surface area contributed by atoms with Crippen molar-refractivity contribution >= 4 is 15.6 Å². The van der Waals surface area contributed by atoms with E-state index in [9.17, 15) is 23.8 Å². The Labute approximate surface area is 173 Å². The molecule has 0 spiro atoms. The lowest BCUT2D eigenvalue weighted by molar-refractivity contribution is -0.339. The second kappa shape index (κ2) is 15.1. The largest absolute Gasteiger partial charge is 0.790 e. The molecule has 8 nitrogen and oxygen atoms in total. The molecule has 0 heterocycles. The maximum atomic E-state index is 11.0. The summed E-state index contributed by atoms with van der Waals surface area (Å²) in [6.45, 7) is 8.57. The minimum Gasteiger partial charge on any atom is -0.790 e. The molecular formula is C19H31O8P2-3. The molecule has 168 valence electrons. The van der Waals surface area contributed by atoms with Crippen LogP contribution in [0.3, 0.4) is 0 Å². The Morgan fingerprint density at radius 1 is 0.793 bits per heavy atom. The maximum Gasteiger partial charge on any atom is 0.272 e. The molecule has 29 heavy (non-hydrogen) atoms. The third-order valence-electron chi connectivity index (χ3n) is 3.58. The number of rotatable bonds is 15. The van der Waals surface area contributed by atoms with Crippen molar-refractivity contribution in [1.29, 1.82) is 0 Å². The van der Waals surface area contributed by atoms with Gasteiger partial charge in [0.1, 0.15) is 0 Å². The van der Waals surface area contributed by atoms with E-state index >= 15 is 0 Å². The molecule has 0 N–H and O–H groups in total. The van der Waals surface area contributed by atoms with Crippen molar-refractivity contribution in [3.05, 3.63) is 47.1 Å². The highest BCUT2D eigenvalue weighted by Crippen LogP contribution is 2.50. The lowest BCUT2D eigenvalue weighted by Gasteiger charge is -2.34. The Morgan fingerprint density at radius 2 is 1.34 bits per heavy atom. The molecule has 1 unspecified atom stereocenters. The van der Waals surface area contributed by atoms with Crippen LogP contribution in [0.4, 0.5) is 0 Å². The van der Waals surface area contributed by atoms with Crippen molar-refractivity contribution in [3.8, 4) is 0 Å². The van der Waals surface area contributed by atoms with E-state index in [4.69, 9.17) is 4.74 Å². The highest BCUT2D eigenvalue weighted by Gasteiger charge is 2.10. The zero-order valence-corrected chi connectivity index (χ0v) is 19.3. The van der Waals surface area contributed by atoms with Gasteiger partial charge in [-0.25, -0.2) is 0 Å². The highest BCUT2D eigenvalue weighted by molar-refractivity contribution is 7.58. The molecule has 0 aromatic carbocycles. The normalized spacial score (nSPS) is 15.6. The van der Waals surface area contributed by atoms with Gasteiger partial charge in [0.25, 0.3) is 7.82 Å². The number of allylic oxidation sites excluding steroid dienone is 5. The van der Waals surface area contributed by atoms with Crippen LogP contribution in [0.25, 0.3) is 0 Å². The molecule has 0 radical (unpaired) electrons. The fourth-order valence-electron chi connectivity index (χ4n) is 2.09. The summed E-state index contributed by atoms with van der Waals surface area (Å²) in [6, 6.07) is 0. The standard InChI is InChI=1S/C19H34O8P2/c1-17(2)9-7-10-18(3)11-8-12-19(4)13-16-25-14-5-6-15-26-29(23,24)27-28(20,21)22/h5-6,9,11,13H,7-8,10,12,14-16H2,1-4H3,(H,23,24)(H2,20,21,22)/p-3/b6-5+,18-11+,19-13+. The number of ether oxygens (including phenoxy) is 1. The van der Waals surface area contributed by atoms with Gasteiger partial charge in [-0.1, -0.05) is 47.1 Å². The SMILES string of the molecule is CC(C)=CCC/C(C)=C/CC/C(C)=C/COC/C=C/COP(=O)([O-])OP(=O)([O-])[O-]. The van der Waals surface area contributed by atoms with E-state index in [1.165, 1.54) is 28.9 Å². The lowest BCUT2D eigenvalue weighted by Crippen LogP contribution is -2.19. The summed E-state index contributed by atoms with van der Waals surface area (Å²) in [5, 5.41) is 0. The summed E-state index contributed by atoms with van der Waals surface area (Å²) in [5.41, 5.74) is 3.95. The first kappa shape index (κ1) is 28.2. The van der Waals surface area contributed by atoms with Crippen molar-refractivity contribution in [1.82, 2.24) is 0 Å².